The Morgan fingerprint density at radius 1 is 1.37 bits per heavy atom. The molecule has 19 heavy (non-hydrogen) atoms. The van der Waals surface area contributed by atoms with Crippen LogP contribution in [0.5, 0.6) is 11.5 Å². The minimum atomic E-state index is -0.828. The fourth-order valence-electron chi connectivity index (χ4n) is 2.37. The molecule has 1 aromatic rings. The Labute approximate surface area is 121 Å². The molecule has 0 unspecified atom stereocenters. The number of hydrogen-bond donors (Lipinski definition) is 1. The minimum absolute atomic E-state index is 0.0436. The van der Waals surface area contributed by atoms with E-state index in [0.29, 0.717) is 11.5 Å². The fourth-order valence-corrected chi connectivity index (χ4v) is 3.57. The second-order valence-corrected chi connectivity index (χ2v) is 5.87. The second-order valence-electron chi connectivity index (χ2n) is 5.07. The molecule has 0 atom stereocenters. The van der Waals surface area contributed by atoms with Gasteiger partial charge in [-0.15, -0.1) is 0 Å². The van der Waals surface area contributed by atoms with Crippen molar-refractivity contribution in [1.29, 1.82) is 0 Å². The number of aliphatic carboxylic acids is 1. The van der Waals surface area contributed by atoms with Gasteiger partial charge in [-0.1, -0.05) is 13.8 Å². The van der Waals surface area contributed by atoms with Gasteiger partial charge in [0.25, 0.3) is 0 Å². The molecule has 0 aliphatic carbocycles. The summed E-state index contributed by atoms with van der Waals surface area (Å²) < 4.78 is 11.4. The van der Waals surface area contributed by atoms with E-state index in [1.165, 1.54) is 0 Å². The minimum Gasteiger partial charge on any atom is -0.493 e. The summed E-state index contributed by atoms with van der Waals surface area (Å²) >= 11 is 3.51. The summed E-state index contributed by atoms with van der Waals surface area (Å²) in [7, 11) is 3.14. The first-order valence-electron chi connectivity index (χ1n) is 5.88. The molecule has 0 aliphatic heterocycles. The number of carboxylic acid groups (broad SMARTS) is 1. The fraction of sp³-hybridized carbons (Fsp3) is 0.500. The normalized spacial score (nSPS) is 11.3. The van der Waals surface area contributed by atoms with Crippen LogP contribution in [0.3, 0.4) is 0 Å². The molecule has 5 heteroatoms. The first-order chi connectivity index (χ1) is 8.74. The Balaban J connectivity index is 3.48. The van der Waals surface area contributed by atoms with E-state index in [1.807, 2.05) is 26.8 Å². The van der Waals surface area contributed by atoms with Gasteiger partial charge < -0.3 is 14.6 Å². The second kappa shape index (κ2) is 5.82. The van der Waals surface area contributed by atoms with Gasteiger partial charge in [-0.3, -0.25) is 4.79 Å². The number of carboxylic acids is 1. The Bertz CT molecular complexity index is 495. The van der Waals surface area contributed by atoms with E-state index >= 15 is 0 Å². The average Bonchev–Trinajstić information content (AvgIpc) is 2.25. The number of benzene rings is 1. The zero-order chi connectivity index (χ0) is 14.8. The largest absolute Gasteiger partial charge is 0.493 e. The summed E-state index contributed by atoms with van der Waals surface area (Å²) in [4.78, 5) is 11.0. The lowest BCUT2D eigenvalue weighted by Crippen LogP contribution is -2.23. The third kappa shape index (κ3) is 3.21. The lowest BCUT2D eigenvalue weighted by atomic mass is 9.79. The summed E-state index contributed by atoms with van der Waals surface area (Å²) in [6.45, 7) is 5.74. The number of carbonyl (C=O) groups is 1. The smallest absolute Gasteiger partial charge is 0.304 e. The van der Waals surface area contributed by atoms with Crippen molar-refractivity contribution in [3.05, 3.63) is 21.7 Å². The Hall–Kier alpha value is -1.23. The maximum Gasteiger partial charge on any atom is 0.304 e. The van der Waals surface area contributed by atoms with Gasteiger partial charge in [-0.05, 0) is 40.0 Å². The van der Waals surface area contributed by atoms with Crippen LogP contribution < -0.4 is 9.47 Å². The van der Waals surface area contributed by atoms with Crippen LogP contribution in [0.25, 0.3) is 0 Å². The first-order valence-corrected chi connectivity index (χ1v) is 6.67. The molecule has 0 aliphatic rings. The number of ether oxygens (including phenoxy) is 2. The molecule has 0 aromatic heterocycles. The molecule has 0 fully saturated rings. The van der Waals surface area contributed by atoms with Gasteiger partial charge in [0.15, 0.2) is 11.5 Å². The van der Waals surface area contributed by atoms with Crippen LogP contribution >= 0.6 is 15.9 Å². The van der Waals surface area contributed by atoms with Crippen molar-refractivity contribution >= 4 is 21.9 Å². The summed E-state index contributed by atoms with van der Waals surface area (Å²) in [6, 6.07) is 1.86. The number of aryl methyl sites for hydroxylation is 1. The molecule has 0 amide bonds. The topological polar surface area (TPSA) is 55.8 Å². The lowest BCUT2D eigenvalue weighted by molar-refractivity contribution is -0.138. The van der Waals surface area contributed by atoms with E-state index in [1.54, 1.807) is 14.2 Å². The van der Waals surface area contributed by atoms with Gasteiger partial charge in [-0.25, -0.2) is 0 Å². The molecule has 0 saturated carbocycles. The third-order valence-electron chi connectivity index (χ3n) is 3.08. The maximum absolute atomic E-state index is 11.0. The standard InChI is InChI=1S/C14H19BrO4/c1-8-6-9(18-4)13(19-5)12(15)11(8)14(2,3)7-10(16)17/h6H,7H2,1-5H3,(H,16,17). The molecular weight excluding hydrogens is 312 g/mol. The molecule has 0 radical (unpaired) electrons. The van der Waals surface area contributed by atoms with Gasteiger partial charge in [0.2, 0.25) is 0 Å². The molecule has 106 valence electrons. The van der Waals surface area contributed by atoms with Crippen LogP contribution in [0.4, 0.5) is 0 Å². The van der Waals surface area contributed by atoms with Gasteiger partial charge >= 0.3 is 5.97 Å². The van der Waals surface area contributed by atoms with Crippen molar-refractivity contribution < 1.29 is 19.4 Å². The summed E-state index contributed by atoms with van der Waals surface area (Å²) in [6.07, 6.45) is 0.0436. The van der Waals surface area contributed by atoms with E-state index < -0.39 is 11.4 Å². The number of halogens is 1. The molecule has 0 bridgehead atoms. The van der Waals surface area contributed by atoms with E-state index in [2.05, 4.69) is 15.9 Å². The van der Waals surface area contributed by atoms with Crippen LogP contribution in [0.15, 0.2) is 10.5 Å². The Kier molecular flexibility index (Phi) is 4.85. The van der Waals surface area contributed by atoms with Crippen LogP contribution in [0, 0.1) is 6.92 Å². The van der Waals surface area contributed by atoms with Gasteiger partial charge in [-0.2, -0.15) is 0 Å². The van der Waals surface area contributed by atoms with Crippen molar-refractivity contribution in [2.45, 2.75) is 32.6 Å². The summed E-state index contributed by atoms with van der Waals surface area (Å²) in [5.74, 6) is 0.384. The number of methoxy groups -OCH3 is 2. The Morgan fingerprint density at radius 3 is 2.37 bits per heavy atom. The number of rotatable bonds is 5. The highest BCUT2D eigenvalue weighted by atomic mass is 79.9. The van der Waals surface area contributed by atoms with Gasteiger partial charge in [0.05, 0.1) is 25.1 Å². The molecular formula is C14H19BrO4. The predicted molar refractivity (Wildman–Crippen MR) is 77.3 cm³/mol. The predicted octanol–water partition coefficient (Wildman–Crippen LogP) is 3.53. The maximum atomic E-state index is 11.0. The van der Waals surface area contributed by atoms with E-state index in [0.717, 1.165) is 15.6 Å². The quantitative estimate of drug-likeness (QED) is 0.897. The highest BCUT2D eigenvalue weighted by Crippen LogP contribution is 2.45. The third-order valence-corrected chi connectivity index (χ3v) is 3.84. The van der Waals surface area contributed by atoms with Crippen molar-refractivity contribution in [2.24, 2.45) is 0 Å². The summed E-state index contributed by atoms with van der Waals surface area (Å²) in [5.41, 5.74) is 1.39. The molecule has 1 aromatic carbocycles. The van der Waals surface area contributed by atoms with Crippen molar-refractivity contribution in [3.8, 4) is 11.5 Å². The van der Waals surface area contributed by atoms with E-state index in [9.17, 15) is 4.79 Å². The average molecular weight is 331 g/mol. The zero-order valence-corrected chi connectivity index (χ0v) is 13.4. The van der Waals surface area contributed by atoms with Gasteiger partial charge in [0.1, 0.15) is 0 Å². The van der Waals surface area contributed by atoms with E-state index in [4.69, 9.17) is 14.6 Å². The first kappa shape index (κ1) is 15.8. The zero-order valence-electron chi connectivity index (χ0n) is 11.8. The van der Waals surface area contributed by atoms with Gasteiger partial charge in [0, 0.05) is 5.41 Å². The van der Waals surface area contributed by atoms with Crippen molar-refractivity contribution in [3.63, 3.8) is 0 Å². The summed E-state index contributed by atoms with van der Waals surface area (Å²) in [5, 5.41) is 9.05. The van der Waals surface area contributed by atoms with Crippen LogP contribution in [-0.4, -0.2) is 25.3 Å². The van der Waals surface area contributed by atoms with Crippen molar-refractivity contribution in [2.75, 3.05) is 14.2 Å². The highest BCUT2D eigenvalue weighted by Gasteiger charge is 2.30. The van der Waals surface area contributed by atoms with Crippen LogP contribution in [0.2, 0.25) is 0 Å². The monoisotopic (exact) mass is 330 g/mol. The van der Waals surface area contributed by atoms with E-state index in [-0.39, 0.29) is 6.42 Å². The molecule has 1 rings (SSSR count). The molecule has 0 spiro atoms. The number of hydrogen-bond acceptors (Lipinski definition) is 3. The molecule has 4 nitrogen and oxygen atoms in total. The lowest BCUT2D eigenvalue weighted by Gasteiger charge is -2.28. The molecule has 1 N–H and O–H groups in total. The Morgan fingerprint density at radius 2 is 1.95 bits per heavy atom. The van der Waals surface area contributed by atoms with Crippen LogP contribution in [0.1, 0.15) is 31.4 Å². The molecule has 0 saturated heterocycles. The van der Waals surface area contributed by atoms with Crippen LogP contribution in [-0.2, 0) is 10.2 Å². The van der Waals surface area contributed by atoms with Crippen molar-refractivity contribution in [1.82, 2.24) is 0 Å². The SMILES string of the molecule is COc1cc(C)c(C(C)(C)CC(=O)O)c(Br)c1OC. The highest BCUT2D eigenvalue weighted by molar-refractivity contribution is 9.10. The molecule has 0 heterocycles.